The monoisotopic (exact) mass is 231 g/mol. The lowest BCUT2D eigenvalue weighted by atomic mass is 10.1. The highest BCUT2D eigenvalue weighted by Gasteiger charge is 2.23. The molecule has 0 aliphatic carbocycles. The number of aromatic amines is 1. The van der Waals surface area contributed by atoms with Crippen LogP contribution in [0.1, 0.15) is 5.56 Å². The van der Waals surface area contributed by atoms with E-state index in [-0.39, 0.29) is 11.7 Å². The number of fused-ring (bicyclic) bond motifs is 1. The van der Waals surface area contributed by atoms with Gasteiger partial charge in [0.2, 0.25) is 5.56 Å². The molecule has 1 saturated heterocycles. The minimum Gasteiger partial charge on any atom is -0.491 e. The Labute approximate surface area is 98.2 Å². The van der Waals surface area contributed by atoms with Crippen molar-refractivity contribution in [2.24, 2.45) is 0 Å². The summed E-state index contributed by atoms with van der Waals surface area (Å²) in [6, 6.07) is 7.27. The summed E-state index contributed by atoms with van der Waals surface area (Å²) in [6.45, 7) is 3.30. The molecule has 3 rings (SSSR count). The summed E-state index contributed by atoms with van der Waals surface area (Å²) in [5.74, 6) is 0.808. The van der Waals surface area contributed by atoms with Crippen LogP contribution in [0.2, 0.25) is 0 Å². The van der Waals surface area contributed by atoms with Crippen LogP contribution in [0.3, 0.4) is 0 Å². The van der Waals surface area contributed by atoms with E-state index in [9.17, 15) is 4.79 Å². The normalized spacial score (nSPS) is 18.3. The Morgan fingerprint density at radius 3 is 3.06 bits per heavy atom. The third-order valence-corrected chi connectivity index (χ3v) is 2.86. The Hall–Kier alpha value is -1.81. The summed E-state index contributed by atoms with van der Waals surface area (Å²) in [5.41, 5.74) is 1.72. The summed E-state index contributed by atoms with van der Waals surface area (Å²) in [6.07, 6.45) is 0.252. The smallest absolute Gasteiger partial charge is 0.248 e. The van der Waals surface area contributed by atoms with Gasteiger partial charge in [0, 0.05) is 17.0 Å². The minimum atomic E-state index is -0.0740. The second-order valence-corrected chi connectivity index (χ2v) is 4.29. The van der Waals surface area contributed by atoms with Gasteiger partial charge in [-0.1, -0.05) is 0 Å². The van der Waals surface area contributed by atoms with Gasteiger partial charge in [-0.2, -0.15) is 0 Å². The third kappa shape index (κ3) is 2.17. The highest BCUT2D eigenvalue weighted by molar-refractivity contribution is 5.83. The molecule has 1 aliphatic rings. The zero-order valence-corrected chi connectivity index (χ0v) is 9.53. The second kappa shape index (κ2) is 3.89. The summed E-state index contributed by atoms with van der Waals surface area (Å²) in [5, 5.41) is 1.01. The Kier molecular flexibility index (Phi) is 2.37. The van der Waals surface area contributed by atoms with Crippen molar-refractivity contribution in [3.8, 4) is 5.75 Å². The number of hydrogen-bond donors (Lipinski definition) is 1. The third-order valence-electron chi connectivity index (χ3n) is 2.86. The van der Waals surface area contributed by atoms with Crippen molar-refractivity contribution < 1.29 is 9.47 Å². The number of aromatic nitrogens is 1. The molecule has 0 bridgehead atoms. The van der Waals surface area contributed by atoms with Gasteiger partial charge in [0.15, 0.2) is 0 Å². The number of benzene rings is 1. The number of aryl methyl sites for hydroxylation is 1. The van der Waals surface area contributed by atoms with Crippen LogP contribution >= 0.6 is 0 Å². The Morgan fingerprint density at radius 1 is 1.47 bits per heavy atom. The lowest BCUT2D eigenvalue weighted by Gasteiger charge is -2.07. The van der Waals surface area contributed by atoms with Gasteiger partial charge in [-0.3, -0.25) is 4.79 Å². The Morgan fingerprint density at radius 2 is 2.29 bits per heavy atom. The van der Waals surface area contributed by atoms with Crippen LogP contribution in [0.5, 0.6) is 5.75 Å². The van der Waals surface area contributed by atoms with E-state index in [1.54, 1.807) is 6.07 Å². The molecule has 1 N–H and O–H groups in total. The first kappa shape index (κ1) is 10.4. The molecule has 88 valence electrons. The molecule has 1 aliphatic heterocycles. The molecule has 0 spiro atoms. The van der Waals surface area contributed by atoms with Crippen molar-refractivity contribution in [1.29, 1.82) is 0 Å². The molecule has 2 heterocycles. The summed E-state index contributed by atoms with van der Waals surface area (Å²) in [4.78, 5) is 14.1. The molecule has 4 nitrogen and oxygen atoms in total. The van der Waals surface area contributed by atoms with Crippen molar-refractivity contribution in [3.63, 3.8) is 0 Å². The van der Waals surface area contributed by atoms with E-state index in [0.717, 1.165) is 28.8 Å². The average molecular weight is 231 g/mol. The molecule has 2 aromatic rings. The van der Waals surface area contributed by atoms with Gasteiger partial charge in [0.25, 0.3) is 0 Å². The van der Waals surface area contributed by atoms with E-state index in [1.165, 1.54) is 0 Å². The van der Waals surface area contributed by atoms with Crippen molar-refractivity contribution in [1.82, 2.24) is 4.98 Å². The predicted molar refractivity (Wildman–Crippen MR) is 64.5 cm³/mol. The first-order valence-electron chi connectivity index (χ1n) is 5.60. The zero-order valence-electron chi connectivity index (χ0n) is 9.53. The topological polar surface area (TPSA) is 54.6 Å². The van der Waals surface area contributed by atoms with Crippen molar-refractivity contribution >= 4 is 10.9 Å². The maximum Gasteiger partial charge on any atom is 0.248 e. The predicted octanol–water partition coefficient (Wildman–Crippen LogP) is 1.61. The van der Waals surface area contributed by atoms with Crippen LogP contribution in [-0.4, -0.2) is 24.3 Å². The number of rotatable bonds is 3. The van der Waals surface area contributed by atoms with E-state index >= 15 is 0 Å². The van der Waals surface area contributed by atoms with Gasteiger partial charge in [0.1, 0.15) is 18.5 Å². The van der Waals surface area contributed by atoms with Crippen LogP contribution in [0.15, 0.2) is 29.1 Å². The summed E-state index contributed by atoms with van der Waals surface area (Å²) >= 11 is 0. The van der Waals surface area contributed by atoms with Crippen LogP contribution in [0.25, 0.3) is 10.9 Å². The van der Waals surface area contributed by atoms with E-state index in [0.29, 0.717) is 6.61 Å². The maximum atomic E-state index is 11.3. The number of hydrogen-bond acceptors (Lipinski definition) is 3. The average Bonchev–Trinajstić information content (AvgIpc) is 3.10. The van der Waals surface area contributed by atoms with Gasteiger partial charge < -0.3 is 14.5 Å². The minimum absolute atomic E-state index is 0.0740. The number of nitrogens with one attached hydrogen (secondary N) is 1. The fraction of sp³-hybridized carbons (Fsp3) is 0.308. The largest absolute Gasteiger partial charge is 0.491 e. The lowest BCUT2D eigenvalue weighted by molar-refractivity contribution is 0.263. The second-order valence-electron chi connectivity index (χ2n) is 4.29. The standard InChI is InChI=1S/C13H13NO3/c1-8-4-13(15)14-12-3-2-9(5-11(8)12)16-6-10-7-17-10/h2-5,10H,6-7H2,1H3,(H,14,15). The summed E-state index contributed by atoms with van der Waals surface area (Å²) in [7, 11) is 0. The number of H-pyrrole nitrogens is 1. The molecule has 1 aromatic heterocycles. The number of pyridine rings is 1. The fourth-order valence-electron chi connectivity index (χ4n) is 1.85. The fourth-order valence-corrected chi connectivity index (χ4v) is 1.85. The summed E-state index contributed by atoms with van der Waals surface area (Å²) < 4.78 is 10.7. The first-order chi connectivity index (χ1) is 8.22. The highest BCUT2D eigenvalue weighted by Crippen LogP contribution is 2.22. The van der Waals surface area contributed by atoms with Crippen LogP contribution in [0.4, 0.5) is 0 Å². The van der Waals surface area contributed by atoms with E-state index in [2.05, 4.69) is 4.98 Å². The van der Waals surface area contributed by atoms with E-state index in [1.807, 2.05) is 25.1 Å². The SMILES string of the molecule is Cc1cc(=O)[nH]c2ccc(OCC3CO3)cc12. The van der Waals surface area contributed by atoms with Gasteiger partial charge in [-0.05, 0) is 30.7 Å². The highest BCUT2D eigenvalue weighted by atomic mass is 16.6. The number of ether oxygens (including phenoxy) is 2. The first-order valence-corrected chi connectivity index (χ1v) is 5.60. The molecule has 1 atom stereocenters. The lowest BCUT2D eigenvalue weighted by Crippen LogP contribution is -2.06. The number of epoxide rings is 1. The molecule has 17 heavy (non-hydrogen) atoms. The van der Waals surface area contributed by atoms with Crippen LogP contribution in [0, 0.1) is 6.92 Å². The molecule has 1 fully saturated rings. The maximum absolute atomic E-state index is 11.3. The Bertz CT molecular complexity index is 614. The van der Waals surface area contributed by atoms with Gasteiger partial charge in [-0.25, -0.2) is 0 Å². The van der Waals surface area contributed by atoms with Crippen molar-refractivity contribution in [2.75, 3.05) is 13.2 Å². The molecular weight excluding hydrogens is 218 g/mol. The molecular formula is C13H13NO3. The van der Waals surface area contributed by atoms with Gasteiger partial charge in [-0.15, -0.1) is 0 Å². The molecule has 0 radical (unpaired) electrons. The van der Waals surface area contributed by atoms with E-state index < -0.39 is 0 Å². The van der Waals surface area contributed by atoms with Crippen LogP contribution < -0.4 is 10.3 Å². The molecule has 1 aromatic carbocycles. The Balaban J connectivity index is 1.96. The molecule has 0 amide bonds. The molecule has 4 heteroatoms. The molecule has 1 unspecified atom stereocenters. The zero-order chi connectivity index (χ0) is 11.8. The molecule has 0 saturated carbocycles. The van der Waals surface area contributed by atoms with E-state index in [4.69, 9.17) is 9.47 Å². The quantitative estimate of drug-likeness (QED) is 0.816. The van der Waals surface area contributed by atoms with Gasteiger partial charge >= 0.3 is 0 Å². The van der Waals surface area contributed by atoms with Crippen LogP contribution in [-0.2, 0) is 4.74 Å². The van der Waals surface area contributed by atoms with Crippen molar-refractivity contribution in [2.45, 2.75) is 13.0 Å². The van der Waals surface area contributed by atoms with Crippen molar-refractivity contribution in [3.05, 3.63) is 40.2 Å². The van der Waals surface area contributed by atoms with Gasteiger partial charge in [0.05, 0.1) is 6.61 Å².